The number of aliphatic carboxylic acids is 1. The standard InChI is InChI=1S/C35H62N10O14/c1-3-4-5-6-7-8-9-12-25(50)42-21(11-10-14-40-35(38)59)29(52)44-23(18-47)31(54)43-22(13-15-39-32(55)26(37)19(2)48)30(53)45-27(28(51)34(57)58)33(56)41-20(17-46)16-24(36)49/h9,12,19-23,26-28,46-48,51H,3-8,10-11,13-18,37H2,1-2H3,(H2,36,49)(H,39,55)(H,41,56)(H,42,50)(H,43,54)(H,44,52)(H,45,53)(H,57,58)(H3,38,40,59)/b12-9-/t19?,20?,21-,22?,23+,26?,27+,28?/m1/s1. The fourth-order valence-corrected chi connectivity index (χ4v) is 5.13. The predicted octanol–water partition coefficient (Wildman–Crippen LogP) is -5.70. The average molecular weight is 847 g/mol. The fourth-order valence-electron chi connectivity index (χ4n) is 5.13. The molecule has 0 aromatic heterocycles. The van der Waals surface area contributed by atoms with E-state index in [1.165, 1.54) is 13.0 Å². The third kappa shape index (κ3) is 22.9. The number of hydrogen-bond acceptors (Lipinski definition) is 14. The van der Waals surface area contributed by atoms with Crippen molar-refractivity contribution >= 4 is 53.4 Å². The minimum atomic E-state index is -2.62. The number of unbranched alkanes of at least 4 members (excludes halogenated alkanes) is 5. The summed E-state index contributed by atoms with van der Waals surface area (Å²) < 4.78 is 0. The molecule has 0 saturated carbocycles. The lowest BCUT2D eigenvalue weighted by molar-refractivity contribution is -0.152. The molecule has 0 heterocycles. The lowest BCUT2D eigenvalue weighted by Crippen LogP contribution is -2.62. The first-order chi connectivity index (χ1) is 27.8. The van der Waals surface area contributed by atoms with E-state index in [0.29, 0.717) is 6.42 Å². The van der Waals surface area contributed by atoms with Gasteiger partial charge in [-0.2, -0.15) is 0 Å². The lowest BCUT2D eigenvalue weighted by atomic mass is 10.1. The van der Waals surface area contributed by atoms with Crippen molar-refractivity contribution in [1.82, 2.24) is 37.2 Å². The number of carbonyl (C=O) groups is 9. The van der Waals surface area contributed by atoms with Crippen LogP contribution in [0.4, 0.5) is 4.79 Å². The maximum atomic E-state index is 13.5. The number of primary amides is 2. The van der Waals surface area contributed by atoms with Crippen LogP contribution in [-0.2, 0) is 38.4 Å². The van der Waals surface area contributed by atoms with E-state index in [2.05, 4.69) is 38.8 Å². The first kappa shape index (κ1) is 53.6. The molecule has 0 rings (SSSR count). The molecule has 8 atom stereocenters. The van der Waals surface area contributed by atoms with Gasteiger partial charge in [0.2, 0.25) is 41.4 Å². The van der Waals surface area contributed by atoms with Gasteiger partial charge in [-0.3, -0.25) is 33.6 Å². The van der Waals surface area contributed by atoms with Crippen molar-refractivity contribution in [2.24, 2.45) is 17.2 Å². The van der Waals surface area contributed by atoms with Gasteiger partial charge in [0.25, 0.3) is 0 Å². The third-order valence-electron chi connectivity index (χ3n) is 8.51. The Morgan fingerprint density at radius 2 is 1.25 bits per heavy atom. The average Bonchev–Trinajstić information content (AvgIpc) is 3.17. The summed E-state index contributed by atoms with van der Waals surface area (Å²) in [5.41, 5.74) is 15.8. The van der Waals surface area contributed by atoms with Gasteiger partial charge in [-0.15, -0.1) is 0 Å². The van der Waals surface area contributed by atoms with E-state index < -0.39 is 134 Å². The van der Waals surface area contributed by atoms with Crippen molar-refractivity contribution in [3.63, 3.8) is 0 Å². The molecule has 0 radical (unpaired) electrons. The Morgan fingerprint density at radius 3 is 1.81 bits per heavy atom. The van der Waals surface area contributed by atoms with Gasteiger partial charge >= 0.3 is 12.0 Å². The van der Waals surface area contributed by atoms with Crippen molar-refractivity contribution in [3.05, 3.63) is 12.2 Å². The summed E-state index contributed by atoms with van der Waals surface area (Å²) in [5, 5.41) is 64.6. The topological polar surface area (TPSA) is 417 Å². The van der Waals surface area contributed by atoms with E-state index in [9.17, 15) is 68.7 Å². The zero-order valence-corrected chi connectivity index (χ0v) is 33.3. The second-order valence-electron chi connectivity index (χ2n) is 13.6. The Hall–Kier alpha value is -5.43. The highest BCUT2D eigenvalue weighted by atomic mass is 16.4. The summed E-state index contributed by atoms with van der Waals surface area (Å²) >= 11 is 0. The Bertz CT molecular complexity index is 1430. The van der Waals surface area contributed by atoms with Crippen LogP contribution in [0.2, 0.25) is 0 Å². The molecule has 0 aromatic carbocycles. The van der Waals surface area contributed by atoms with Crippen molar-refractivity contribution < 1.29 is 68.7 Å². The molecule has 0 aliphatic carbocycles. The second kappa shape index (κ2) is 29.7. The molecule has 0 aliphatic rings. The van der Waals surface area contributed by atoms with Crippen LogP contribution in [0.15, 0.2) is 12.2 Å². The van der Waals surface area contributed by atoms with E-state index in [1.807, 2.05) is 5.32 Å². The number of aliphatic hydroxyl groups excluding tert-OH is 4. The molecule has 59 heavy (non-hydrogen) atoms. The number of carboxylic acid groups (broad SMARTS) is 1. The smallest absolute Gasteiger partial charge is 0.335 e. The third-order valence-corrected chi connectivity index (χ3v) is 8.51. The van der Waals surface area contributed by atoms with Gasteiger partial charge in [0, 0.05) is 19.5 Å². The minimum Gasteiger partial charge on any atom is -0.479 e. The van der Waals surface area contributed by atoms with Crippen LogP contribution >= 0.6 is 0 Å². The van der Waals surface area contributed by atoms with Gasteiger partial charge in [-0.1, -0.05) is 38.7 Å². The first-order valence-corrected chi connectivity index (χ1v) is 19.1. The van der Waals surface area contributed by atoms with E-state index in [-0.39, 0.29) is 19.4 Å². The SMILES string of the molecule is CCCCCCC/C=C\C(=O)N[C@H](CCCNC(N)=O)C(=O)N[C@@H](CO)C(=O)NC(CCNC(=O)C(N)C(C)O)C(=O)N[C@H](C(=O)NC(CO)CC(N)=O)C(O)C(=O)O. The van der Waals surface area contributed by atoms with Crippen LogP contribution in [0, 0.1) is 0 Å². The zero-order chi connectivity index (χ0) is 45.1. The summed E-state index contributed by atoms with van der Waals surface area (Å²) in [6.45, 7) is 0.957. The van der Waals surface area contributed by atoms with E-state index in [4.69, 9.17) is 17.2 Å². The molecule has 0 aliphatic heterocycles. The highest BCUT2D eigenvalue weighted by molar-refractivity contribution is 5.98. The first-order valence-electron chi connectivity index (χ1n) is 19.1. The number of rotatable bonds is 31. The highest BCUT2D eigenvalue weighted by Gasteiger charge is 2.37. The highest BCUT2D eigenvalue weighted by Crippen LogP contribution is 2.07. The summed E-state index contributed by atoms with van der Waals surface area (Å²) in [6, 6.07) is -10.8. The number of aliphatic hydroxyl groups is 4. The zero-order valence-electron chi connectivity index (χ0n) is 33.3. The summed E-state index contributed by atoms with van der Waals surface area (Å²) in [7, 11) is 0. The Kier molecular flexibility index (Phi) is 27.0. The number of amides is 9. The number of urea groups is 1. The molecule has 9 amide bonds. The second-order valence-corrected chi connectivity index (χ2v) is 13.6. The number of nitrogens with two attached hydrogens (primary N) is 3. The van der Waals surface area contributed by atoms with E-state index in [1.54, 1.807) is 6.08 Å². The van der Waals surface area contributed by atoms with Gasteiger partial charge in [-0.25, -0.2) is 9.59 Å². The molecule has 24 heteroatoms. The van der Waals surface area contributed by atoms with E-state index in [0.717, 1.165) is 32.1 Å². The number of carbonyl (C=O) groups excluding carboxylic acids is 8. The molecule has 336 valence electrons. The number of carboxylic acids is 1. The molecule has 0 bridgehead atoms. The molecule has 0 spiro atoms. The lowest BCUT2D eigenvalue weighted by Gasteiger charge is -2.27. The fraction of sp³-hybridized carbons (Fsp3) is 0.686. The van der Waals surface area contributed by atoms with Crippen LogP contribution in [0.25, 0.3) is 0 Å². The van der Waals surface area contributed by atoms with Crippen molar-refractivity contribution in [2.45, 2.75) is 127 Å². The minimum absolute atomic E-state index is 0.0172. The Morgan fingerprint density at radius 1 is 0.661 bits per heavy atom. The Labute approximate surface area is 341 Å². The van der Waals surface area contributed by atoms with Crippen molar-refractivity contribution in [1.29, 1.82) is 0 Å². The predicted molar refractivity (Wildman–Crippen MR) is 208 cm³/mol. The van der Waals surface area contributed by atoms with Gasteiger partial charge in [0.05, 0.1) is 25.4 Å². The molecular formula is C35H62N10O14. The van der Waals surface area contributed by atoms with E-state index >= 15 is 0 Å². The summed E-state index contributed by atoms with van der Waals surface area (Å²) in [5.74, 6) is -9.41. The summed E-state index contributed by atoms with van der Waals surface area (Å²) in [4.78, 5) is 113. The summed E-state index contributed by atoms with van der Waals surface area (Å²) in [6.07, 6.45) is 3.51. The van der Waals surface area contributed by atoms with Gasteiger partial charge < -0.3 is 80.0 Å². The molecule has 5 unspecified atom stereocenters. The number of hydrogen-bond donors (Lipinski definition) is 15. The molecule has 24 nitrogen and oxygen atoms in total. The maximum absolute atomic E-state index is 13.5. The van der Waals surface area contributed by atoms with Crippen molar-refractivity contribution in [3.8, 4) is 0 Å². The van der Waals surface area contributed by atoms with Crippen molar-refractivity contribution in [2.75, 3.05) is 26.3 Å². The number of nitrogens with one attached hydrogen (secondary N) is 7. The van der Waals surface area contributed by atoms with Crippen LogP contribution in [0.3, 0.4) is 0 Å². The monoisotopic (exact) mass is 846 g/mol. The molecular weight excluding hydrogens is 784 g/mol. The molecule has 0 fully saturated rings. The largest absolute Gasteiger partial charge is 0.479 e. The van der Waals surface area contributed by atoms with Crippen LogP contribution < -0.4 is 54.4 Å². The van der Waals surface area contributed by atoms with Crippen LogP contribution in [-0.4, -0.2) is 154 Å². The quantitative estimate of drug-likeness (QED) is 0.0228. The van der Waals surface area contributed by atoms with Gasteiger partial charge in [-0.05, 0) is 45.1 Å². The number of allylic oxidation sites excluding steroid dienone is 1. The normalized spacial score (nSPS) is 15.2. The Balaban J connectivity index is 6.29. The van der Waals surface area contributed by atoms with Gasteiger partial charge in [0.15, 0.2) is 6.10 Å². The maximum Gasteiger partial charge on any atom is 0.335 e. The molecule has 0 aromatic rings. The molecule has 18 N–H and O–H groups in total. The van der Waals surface area contributed by atoms with Crippen LogP contribution in [0.1, 0.15) is 78.1 Å². The van der Waals surface area contributed by atoms with Gasteiger partial charge in [0.1, 0.15) is 30.2 Å². The molecule has 0 saturated heterocycles. The van der Waals surface area contributed by atoms with Crippen LogP contribution in [0.5, 0.6) is 0 Å².